The average molecular weight is 456 g/mol. The van der Waals surface area contributed by atoms with Crippen molar-refractivity contribution < 1.29 is 4.74 Å². The SMILES string of the molecule is c1ccc2c(c1)Cc1ccc3cc1B2c1ccc2c(c1)B1c4cc(ccc4Cc4cccc(c41)C2)O3. The normalized spacial score (nSPS) is 15.0. The highest BCUT2D eigenvalue weighted by Gasteiger charge is 2.39. The number of benzene rings is 5. The van der Waals surface area contributed by atoms with E-state index in [1.54, 1.807) is 0 Å². The van der Waals surface area contributed by atoms with Gasteiger partial charge in [-0.25, -0.2) is 0 Å². The van der Waals surface area contributed by atoms with E-state index in [2.05, 4.69) is 97.1 Å². The smallest absolute Gasteiger partial charge is 0.242 e. The quantitative estimate of drug-likeness (QED) is 0.319. The molecule has 9 rings (SSSR count). The molecule has 3 heteroatoms. The number of hydrogen-bond acceptors (Lipinski definition) is 1. The second kappa shape index (κ2) is 6.83. The van der Waals surface area contributed by atoms with Crippen LogP contribution in [0.4, 0.5) is 0 Å². The Balaban J connectivity index is 1.39. The summed E-state index contributed by atoms with van der Waals surface area (Å²) < 4.78 is 6.56. The lowest BCUT2D eigenvalue weighted by molar-refractivity contribution is 0.483. The van der Waals surface area contributed by atoms with Gasteiger partial charge in [-0.05, 0) is 76.9 Å². The van der Waals surface area contributed by atoms with E-state index in [1.165, 1.54) is 66.2 Å². The molecule has 0 saturated carbocycles. The lowest BCUT2D eigenvalue weighted by atomic mass is 9.29. The summed E-state index contributed by atoms with van der Waals surface area (Å²) >= 11 is 0. The molecule has 0 spiro atoms. The van der Waals surface area contributed by atoms with Gasteiger partial charge < -0.3 is 4.74 Å². The first-order valence-corrected chi connectivity index (χ1v) is 13.0. The van der Waals surface area contributed by atoms with Gasteiger partial charge in [0.1, 0.15) is 11.5 Å². The summed E-state index contributed by atoms with van der Waals surface area (Å²) in [6, 6.07) is 36.8. The van der Waals surface area contributed by atoms with Crippen LogP contribution < -0.4 is 37.5 Å². The van der Waals surface area contributed by atoms with E-state index in [0.717, 1.165) is 30.8 Å². The van der Waals surface area contributed by atoms with Crippen molar-refractivity contribution >= 4 is 46.2 Å². The molecule has 5 aromatic rings. The van der Waals surface area contributed by atoms with Crippen molar-refractivity contribution in [2.75, 3.05) is 0 Å². The highest BCUT2D eigenvalue weighted by molar-refractivity contribution is 6.99. The van der Waals surface area contributed by atoms with Crippen LogP contribution in [0.15, 0.2) is 97.1 Å². The number of fused-ring (bicyclic) bond motifs is 6. The fourth-order valence-electron chi connectivity index (χ4n) is 7.43. The van der Waals surface area contributed by atoms with Crippen LogP contribution in [0.2, 0.25) is 0 Å². The Bertz CT molecular complexity index is 1750. The van der Waals surface area contributed by atoms with Gasteiger partial charge in [0.05, 0.1) is 0 Å². The minimum Gasteiger partial charge on any atom is -0.457 e. The second-order valence-corrected chi connectivity index (χ2v) is 10.9. The summed E-state index contributed by atoms with van der Waals surface area (Å²) in [7, 11) is 0. The Morgan fingerprint density at radius 3 is 1.75 bits per heavy atom. The predicted octanol–water partition coefficient (Wildman–Crippen LogP) is 2.54. The Labute approximate surface area is 211 Å². The van der Waals surface area contributed by atoms with E-state index in [9.17, 15) is 0 Å². The Kier molecular flexibility index (Phi) is 3.65. The Morgan fingerprint density at radius 2 is 1.00 bits per heavy atom. The first-order valence-electron chi connectivity index (χ1n) is 13.0. The molecule has 4 aliphatic rings. The summed E-state index contributed by atoms with van der Waals surface area (Å²) in [5.74, 6) is 1.86. The third-order valence-electron chi connectivity index (χ3n) is 8.99. The largest absolute Gasteiger partial charge is 0.457 e. The third kappa shape index (κ3) is 2.53. The number of ether oxygens (including phenoxy) is 1. The van der Waals surface area contributed by atoms with Crippen molar-refractivity contribution in [3.8, 4) is 11.5 Å². The van der Waals surface area contributed by atoms with Gasteiger partial charge >= 0.3 is 0 Å². The van der Waals surface area contributed by atoms with Crippen LogP contribution in [0.5, 0.6) is 11.5 Å². The van der Waals surface area contributed by atoms with Gasteiger partial charge in [0.25, 0.3) is 0 Å². The zero-order valence-electron chi connectivity index (χ0n) is 19.9. The molecule has 0 saturated heterocycles. The Hall–Kier alpha value is -3.97. The van der Waals surface area contributed by atoms with E-state index < -0.39 is 0 Å². The third-order valence-corrected chi connectivity index (χ3v) is 8.99. The first-order chi connectivity index (χ1) is 17.8. The Morgan fingerprint density at radius 1 is 0.444 bits per heavy atom. The van der Waals surface area contributed by atoms with Gasteiger partial charge in [0.15, 0.2) is 0 Å². The van der Waals surface area contributed by atoms with Crippen molar-refractivity contribution in [2.24, 2.45) is 0 Å². The highest BCUT2D eigenvalue weighted by Crippen LogP contribution is 2.28. The van der Waals surface area contributed by atoms with Crippen LogP contribution in [0, 0.1) is 0 Å². The monoisotopic (exact) mass is 456 g/mol. The van der Waals surface area contributed by atoms with E-state index in [0.29, 0.717) is 0 Å². The fraction of sp³-hybridized carbons (Fsp3) is 0.0909. The fourth-order valence-corrected chi connectivity index (χ4v) is 7.43. The first kappa shape index (κ1) is 19.2. The van der Waals surface area contributed by atoms with E-state index in [4.69, 9.17) is 4.74 Å². The molecule has 5 aromatic carbocycles. The molecule has 1 nitrogen and oxygen atoms in total. The molecular weight excluding hydrogens is 434 g/mol. The van der Waals surface area contributed by atoms with Crippen molar-refractivity contribution in [3.63, 3.8) is 0 Å². The van der Waals surface area contributed by atoms with E-state index in [1.807, 2.05) is 0 Å². The van der Waals surface area contributed by atoms with Gasteiger partial charge in [-0.3, -0.25) is 0 Å². The van der Waals surface area contributed by atoms with Gasteiger partial charge in [-0.2, -0.15) is 0 Å². The van der Waals surface area contributed by atoms with Crippen LogP contribution in [-0.2, 0) is 19.3 Å². The molecule has 0 amide bonds. The molecule has 0 aromatic heterocycles. The maximum Gasteiger partial charge on any atom is 0.242 e. The molecule has 166 valence electrons. The summed E-state index contributed by atoms with van der Waals surface area (Å²) in [5, 5.41) is 0. The van der Waals surface area contributed by atoms with Gasteiger partial charge in [-0.15, -0.1) is 0 Å². The summed E-state index contributed by atoms with van der Waals surface area (Å²) in [5.41, 5.74) is 17.3. The zero-order chi connectivity index (χ0) is 23.4. The van der Waals surface area contributed by atoms with Crippen molar-refractivity contribution in [1.29, 1.82) is 0 Å². The molecule has 0 aliphatic carbocycles. The standard InChI is InChI=1S/C33H22B2O/c1-2-7-29-20(4-1)14-22-9-12-27-18-31(22)34(29)26-11-8-21-15-24-5-3-6-25-16-23-10-13-28(36-27)19-32(23)35(33(24)25)30(21)17-26/h1-13,17-19H,14-16H2. The predicted molar refractivity (Wildman–Crippen MR) is 150 cm³/mol. The topological polar surface area (TPSA) is 9.23 Å². The number of rotatable bonds is 0. The molecule has 0 fully saturated rings. The maximum atomic E-state index is 6.56. The highest BCUT2D eigenvalue weighted by atomic mass is 16.5. The van der Waals surface area contributed by atoms with E-state index in [-0.39, 0.29) is 13.4 Å². The minimum absolute atomic E-state index is 0.219. The molecule has 0 N–H and O–H groups in total. The zero-order valence-corrected chi connectivity index (χ0v) is 19.9. The lowest BCUT2D eigenvalue weighted by Crippen LogP contribution is -2.63. The van der Waals surface area contributed by atoms with Crippen LogP contribution in [0.1, 0.15) is 33.4 Å². The van der Waals surface area contributed by atoms with E-state index >= 15 is 0 Å². The van der Waals surface area contributed by atoms with Crippen LogP contribution in [0.25, 0.3) is 0 Å². The lowest BCUT2D eigenvalue weighted by Gasteiger charge is -2.35. The minimum atomic E-state index is 0.219. The second-order valence-electron chi connectivity index (χ2n) is 10.9. The summed E-state index contributed by atoms with van der Waals surface area (Å²) in [6.07, 6.45) is 2.99. The van der Waals surface area contributed by atoms with Crippen molar-refractivity contribution in [1.82, 2.24) is 0 Å². The van der Waals surface area contributed by atoms with Crippen molar-refractivity contribution in [2.45, 2.75) is 19.3 Å². The van der Waals surface area contributed by atoms with Crippen LogP contribution in [-0.4, -0.2) is 13.4 Å². The maximum absolute atomic E-state index is 6.56. The van der Waals surface area contributed by atoms with Crippen LogP contribution in [0.3, 0.4) is 0 Å². The summed E-state index contributed by atoms with van der Waals surface area (Å²) in [6.45, 7) is 0.486. The van der Waals surface area contributed by atoms with Gasteiger partial charge in [-0.1, -0.05) is 106 Å². The summed E-state index contributed by atoms with van der Waals surface area (Å²) in [4.78, 5) is 0. The van der Waals surface area contributed by atoms with Gasteiger partial charge in [0.2, 0.25) is 13.4 Å². The molecular formula is C33H22B2O. The molecule has 0 atom stereocenters. The molecule has 6 bridgehead atoms. The van der Waals surface area contributed by atoms with Crippen molar-refractivity contribution in [3.05, 3.63) is 130 Å². The average Bonchev–Trinajstić information content (AvgIpc) is 2.91. The molecule has 4 aliphatic heterocycles. The molecule has 4 heterocycles. The molecule has 0 unspecified atom stereocenters. The van der Waals surface area contributed by atoms with Gasteiger partial charge in [0, 0.05) is 0 Å². The van der Waals surface area contributed by atoms with Crippen LogP contribution >= 0.6 is 0 Å². The number of hydrogen-bond donors (Lipinski definition) is 0. The molecule has 0 radical (unpaired) electrons. The molecule has 36 heavy (non-hydrogen) atoms.